The molecule has 1 aromatic rings. The monoisotopic (exact) mass is 160 g/mol. The van der Waals surface area contributed by atoms with Crippen LogP contribution in [0.15, 0.2) is 18.2 Å². The normalized spacial score (nSPS) is 8.70. The van der Waals surface area contributed by atoms with Gasteiger partial charge in [-0.2, -0.15) is 0 Å². The molecule has 0 nitrogen and oxygen atoms in total. The highest BCUT2D eigenvalue weighted by atomic mass is 35.5. The average Bonchev–Trinajstić information content (AvgIpc) is 1.59. The Balaban J connectivity index is 0.000000810. The van der Waals surface area contributed by atoms with E-state index in [-0.39, 0.29) is 13.2 Å². The van der Waals surface area contributed by atoms with Crippen LogP contribution in [0.4, 0.5) is 4.39 Å². The summed E-state index contributed by atoms with van der Waals surface area (Å²) in [6.45, 7) is 1.80. The molecule has 0 aliphatic carbocycles. The third-order valence-corrected chi connectivity index (χ3v) is 1.23. The molecule has 0 radical (unpaired) electrons. The Morgan fingerprint density at radius 2 is 1.90 bits per heavy atom. The maximum absolute atomic E-state index is 12.3. The Morgan fingerprint density at radius 1 is 1.30 bits per heavy atom. The van der Waals surface area contributed by atoms with Gasteiger partial charge in [0.15, 0.2) is 0 Å². The van der Waals surface area contributed by atoms with Gasteiger partial charge < -0.3 is 0 Å². The summed E-state index contributed by atoms with van der Waals surface area (Å²) >= 11 is 5.51. The zero-order valence-corrected chi connectivity index (χ0v) is 5.74. The highest BCUT2D eigenvalue weighted by Gasteiger charge is 1.92. The first-order valence-corrected chi connectivity index (χ1v) is 2.99. The van der Waals surface area contributed by atoms with Gasteiger partial charge in [-0.1, -0.05) is 19.0 Å². The lowest BCUT2D eigenvalue weighted by molar-refractivity contribution is 0.627. The van der Waals surface area contributed by atoms with Gasteiger partial charge >= 0.3 is 0 Å². The first-order valence-electron chi connectivity index (χ1n) is 2.61. The zero-order chi connectivity index (χ0) is 6.85. The van der Waals surface area contributed by atoms with Crippen molar-refractivity contribution in [1.82, 2.24) is 0 Å². The summed E-state index contributed by atoms with van der Waals surface area (Å²) in [6, 6.07) is 4.44. The number of aryl methyl sites for hydroxylation is 1. The van der Waals surface area contributed by atoms with E-state index in [2.05, 4.69) is 0 Å². The Labute approximate surface area is 65.6 Å². The Hall–Kier alpha value is -0.560. The minimum atomic E-state index is -0.278. The molecule has 1 aromatic carbocycles. The molecule has 0 fully saturated rings. The maximum atomic E-state index is 12.3. The van der Waals surface area contributed by atoms with Gasteiger partial charge in [0.05, 0.1) is 0 Å². The van der Waals surface area contributed by atoms with Crippen molar-refractivity contribution in [3.8, 4) is 0 Å². The highest BCUT2D eigenvalue weighted by molar-refractivity contribution is 6.30. The largest absolute Gasteiger partial charge is 0.207 e. The number of hydrogen-bond acceptors (Lipinski definition) is 0. The molecule has 0 spiro atoms. The smallest absolute Gasteiger partial charge is 0.124 e. The molecule has 1 rings (SSSR count). The lowest BCUT2D eigenvalue weighted by Gasteiger charge is -1.92. The quantitative estimate of drug-likeness (QED) is 0.546. The van der Waals surface area contributed by atoms with Gasteiger partial charge in [-0.3, -0.25) is 0 Å². The molecule has 56 valence electrons. The van der Waals surface area contributed by atoms with Gasteiger partial charge in [-0.25, -0.2) is 4.39 Å². The molecule has 0 aliphatic heterocycles. The molecule has 10 heavy (non-hydrogen) atoms. The van der Waals surface area contributed by atoms with Gasteiger partial charge in [0.2, 0.25) is 0 Å². The molecule has 0 unspecified atom stereocenters. The van der Waals surface area contributed by atoms with E-state index in [1.165, 1.54) is 12.1 Å². The molecule has 0 N–H and O–H groups in total. The van der Waals surface area contributed by atoms with Crippen LogP contribution < -0.4 is 0 Å². The molecule has 2 heteroatoms. The van der Waals surface area contributed by atoms with Crippen LogP contribution in [0.2, 0.25) is 5.02 Å². The van der Waals surface area contributed by atoms with Crippen LogP contribution in [0, 0.1) is 12.7 Å². The van der Waals surface area contributed by atoms with Crippen LogP contribution in [0.3, 0.4) is 0 Å². The van der Waals surface area contributed by atoms with Crippen molar-refractivity contribution >= 4 is 11.6 Å². The van der Waals surface area contributed by atoms with E-state index in [0.29, 0.717) is 5.02 Å². The Morgan fingerprint density at radius 3 is 2.30 bits per heavy atom. The molecule has 0 amide bonds. The van der Waals surface area contributed by atoms with Gasteiger partial charge in [0.1, 0.15) is 5.82 Å². The number of hydrogen-bond donors (Lipinski definition) is 0. The van der Waals surface area contributed by atoms with Crippen molar-refractivity contribution in [3.05, 3.63) is 34.6 Å². The van der Waals surface area contributed by atoms with Crippen LogP contribution in [0.25, 0.3) is 0 Å². The molecular formula is C8H10ClF. The molecule has 0 aliphatic rings. The van der Waals surface area contributed by atoms with Crippen molar-refractivity contribution in [2.24, 2.45) is 0 Å². The third kappa shape index (κ3) is 2.36. The lowest BCUT2D eigenvalue weighted by Crippen LogP contribution is -1.75. The van der Waals surface area contributed by atoms with Crippen LogP contribution in [0.1, 0.15) is 13.0 Å². The molecule has 0 saturated heterocycles. The van der Waals surface area contributed by atoms with Gasteiger partial charge in [-0.05, 0) is 30.7 Å². The van der Waals surface area contributed by atoms with Crippen molar-refractivity contribution in [2.45, 2.75) is 14.4 Å². The fourth-order valence-corrected chi connectivity index (χ4v) is 0.968. The Kier molecular flexibility index (Phi) is 3.37. The summed E-state index contributed by atoms with van der Waals surface area (Å²) in [6.07, 6.45) is 0. The van der Waals surface area contributed by atoms with E-state index < -0.39 is 0 Å². The maximum Gasteiger partial charge on any atom is 0.124 e. The Bertz CT molecular complexity index is 170. The third-order valence-electron chi connectivity index (χ3n) is 1.01. The minimum Gasteiger partial charge on any atom is -0.207 e. The summed E-state index contributed by atoms with van der Waals surface area (Å²) < 4.78 is 12.3. The predicted molar refractivity (Wildman–Crippen MR) is 42.9 cm³/mol. The van der Waals surface area contributed by atoms with E-state index >= 15 is 0 Å². The first kappa shape index (κ1) is 9.44. The summed E-state index contributed by atoms with van der Waals surface area (Å²) in [5, 5.41) is 0.451. The minimum absolute atomic E-state index is 0. The molecule has 0 aromatic heterocycles. The van der Waals surface area contributed by atoms with Crippen LogP contribution in [-0.4, -0.2) is 0 Å². The lowest BCUT2D eigenvalue weighted by atomic mass is 10.2. The van der Waals surface area contributed by atoms with Crippen LogP contribution in [0.5, 0.6) is 0 Å². The van der Waals surface area contributed by atoms with E-state index in [0.717, 1.165) is 5.56 Å². The van der Waals surface area contributed by atoms with Gasteiger partial charge in [0.25, 0.3) is 0 Å². The predicted octanol–water partition coefficient (Wildman–Crippen LogP) is 3.42. The van der Waals surface area contributed by atoms with E-state index in [1.54, 1.807) is 13.0 Å². The van der Waals surface area contributed by atoms with Crippen molar-refractivity contribution in [1.29, 1.82) is 0 Å². The number of halogens is 2. The summed E-state index contributed by atoms with van der Waals surface area (Å²) in [5.41, 5.74) is 0.847. The van der Waals surface area contributed by atoms with Crippen molar-refractivity contribution < 1.29 is 4.39 Å². The van der Waals surface area contributed by atoms with Gasteiger partial charge in [-0.15, -0.1) is 0 Å². The summed E-state index contributed by atoms with van der Waals surface area (Å²) in [7, 11) is 0. The summed E-state index contributed by atoms with van der Waals surface area (Å²) in [4.78, 5) is 0. The number of benzene rings is 1. The van der Waals surface area contributed by atoms with Gasteiger partial charge in [0, 0.05) is 5.02 Å². The first-order chi connectivity index (χ1) is 4.18. The SMILES string of the molecule is C.Cc1cc(F)cc(Cl)c1. The molecule has 0 bridgehead atoms. The molecule has 0 heterocycles. The average molecular weight is 161 g/mol. The van der Waals surface area contributed by atoms with E-state index in [9.17, 15) is 4.39 Å². The molecule has 0 saturated carbocycles. The van der Waals surface area contributed by atoms with Crippen molar-refractivity contribution in [2.75, 3.05) is 0 Å². The second-order valence-corrected chi connectivity index (χ2v) is 2.38. The highest BCUT2D eigenvalue weighted by Crippen LogP contribution is 2.12. The molecule has 0 atom stereocenters. The van der Waals surface area contributed by atoms with Crippen molar-refractivity contribution in [3.63, 3.8) is 0 Å². The zero-order valence-electron chi connectivity index (χ0n) is 4.99. The van der Waals surface area contributed by atoms with Crippen LogP contribution >= 0.6 is 11.6 Å². The fourth-order valence-electron chi connectivity index (χ4n) is 0.692. The van der Waals surface area contributed by atoms with Crippen LogP contribution in [-0.2, 0) is 0 Å². The molecular weight excluding hydrogens is 151 g/mol. The van der Waals surface area contributed by atoms with E-state index in [1.807, 2.05) is 0 Å². The topological polar surface area (TPSA) is 0 Å². The second-order valence-electron chi connectivity index (χ2n) is 1.95. The fraction of sp³-hybridized carbons (Fsp3) is 0.250. The standard InChI is InChI=1S/C7H6ClF.CH4/c1-5-2-6(8)4-7(9)3-5;/h2-4H,1H3;1H4. The van der Waals surface area contributed by atoms with E-state index in [4.69, 9.17) is 11.6 Å². The summed E-state index contributed by atoms with van der Waals surface area (Å²) in [5.74, 6) is -0.278. The second kappa shape index (κ2) is 3.57. The number of rotatable bonds is 0.